The monoisotopic (exact) mass is 279 g/mol. The Labute approximate surface area is 115 Å². The molecule has 100 valence electrons. The number of hydrogen-bond acceptors (Lipinski definition) is 5. The molecule has 0 fully saturated rings. The van der Waals surface area contributed by atoms with Crippen LogP contribution in [0, 0.1) is 4.77 Å². The molecule has 0 aliphatic heterocycles. The van der Waals surface area contributed by atoms with Gasteiger partial charge in [-0.3, -0.25) is 14.6 Å². The largest absolute Gasteiger partial charge is 0.497 e. The molecule has 0 bridgehead atoms. The van der Waals surface area contributed by atoms with E-state index in [4.69, 9.17) is 21.7 Å². The molecule has 0 atom stereocenters. The summed E-state index contributed by atoms with van der Waals surface area (Å²) in [5.74, 6) is 0.949. The van der Waals surface area contributed by atoms with Gasteiger partial charge in [0.15, 0.2) is 5.78 Å². The molecule has 0 radical (unpaired) electrons. The van der Waals surface area contributed by atoms with Crippen molar-refractivity contribution in [2.45, 2.75) is 6.54 Å². The van der Waals surface area contributed by atoms with Crippen LogP contribution >= 0.6 is 12.2 Å². The van der Waals surface area contributed by atoms with E-state index in [1.54, 1.807) is 25.3 Å². The number of aromatic amines is 1. The Morgan fingerprint density at radius 3 is 2.79 bits per heavy atom. The first-order chi connectivity index (χ1) is 9.15. The van der Waals surface area contributed by atoms with Crippen LogP contribution in [0.4, 0.5) is 0 Å². The Kier molecular flexibility index (Phi) is 3.96. The van der Waals surface area contributed by atoms with Gasteiger partial charge in [-0.25, -0.2) is 4.98 Å². The molecule has 7 heteroatoms. The van der Waals surface area contributed by atoms with Crippen LogP contribution in [0.15, 0.2) is 24.5 Å². The number of carbonyl (C=O) groups is 1. The van der Waals surface area contributed by atoms with Gasteiger partial charge in [-0.15, -0.1) is 0 Å². The fourth-order valence-corrected chi connectivity index (χ4v) is 1.82. The number of ether oxygens (including phenoxy) is 2. The van der Waals surface area contributed by atoms with Crippen LogP contribution in [0.5, 0.6) is 11.5 Å². The van der Waals surface area contributed by atoms with Crippen LogP contribution in [-0.2, 0) is 6.54 Å². The molecular formula is C12H13N3O3S. The van der Waals surface area contributed by atoms with Crippen LogP contribution in [0.3, 0.4) is 0 Å². The van der Waals surface area contributed by atoms with Gasteiger partial charge in [0.1, 0.15) is 24.4 Å². The third kappa shape index (κ3) is 2.82. The number of nitrogens with zero attached hydrogens (tertiary/aromatic N) is 2. The molecule has 1 heterocycles. The molecule has 0 aliphatic carbocycles. The summed E-state index contributed by atoms with van der Waals surface area (Å²) in [4.78, 5) is 16.1. The van der Waals surface area contributed by atoms with Crippen molar-refractivity contribution >= 4 is 18.0 Å². The summed E-state index contributed by atoms with van der Waals surface area (Å²) < 4.78 is 12.1. The number of rotatable bonds is 5. The van der Waals surface area contributed by atoms with Crippen LogP contribution in [0.25, 0.3) is 0 Å². The number of aromatic nitrogens is 3. The van der Waals surface area contributed by atoms with Gasteiger partial charge in [0.2, 0.25) is 4.77 Å². The summed E-state index contributed by atoms with van der Waals surface area (Å²) >= 11 is 4.98. The predicted octanol–water partition coefficient (Wildman–Crippen LogP) is 1.84. The van der Waals surface area contributed by atoms with Crippen LogP contribution < -0.4 is 9.47 Å². The van der Waals surface area contributed by atoms with Crippen molar-refractivity contribution < 1.29 is 14.3 Å². The summed E-state index contributed by atoms with van der Waals surface area (Å²) in [6.07, 6.45) is 1.44. The van der Waals surface area contributed by atoms with Crippen molar-refractivity contribution in [2.24, 2.45) is 0 Å². The third-order valence-corrected chi connectivity index (χ3v) is 2.95. The zero-order valence-electron chi connectivity index (χ0n) is 10.5. The van der Waals surface area contributed by atoms with Crippen LogP contribution in [0.1, 0.15) is 10.4 Å². The fraction of sp³-hybridized carbons (Fsp3) is 0.250. The summed E-state index contributed by atoms with van der Waals surface area (Å²) in [6.45, 7) is 0.0718. The lowest BCUT2D eigenvalue weighted by atomic mass is 10.1. The molecule has 2 rings (SSSR count). The second-order valence-electron chi connectivity index (χ2n) is 3.75. The summed E-state index contributed by atoms with van der Waals surface area (Å²) in [7, 11) is 3.06. The highest BCUT2D eigenvalue weighted by molar-refractivity contribution is 7.71. The van der Waals surface area contributed by atoms with Gasteiger partial charge in [0.25, 0.3) is 0 Å². The first kappa shape index (κ1) is 13.3. The summed E-state index contributed by atoms with van der Waals surface area (Å²) in [5.41, 5.74) is 0.443. The van der Waals surface area contributed by atoms with E-state index in [1.807, 2.05) is 0 Å². The summed E-state index contributed by atoms with van der Waals surface area (Å²) in [6, 6.07) is 5.07. The minimum Gasteiger partial charge on any atom is -0.497 e. The van der Waals surface area contributed by atoms with Crippen molar-refractivity contribution in [3.8, 4) is 11.5 Å². The predicted molar refractivity (Wildman–Crippen MR) is 71.3 cm³/mol. The summed E-state index contributed by atoms with van der Waals surface area (Å²) in [5, 5.41) is 2.78. The van der Waals surface area contributed by atoms with Gasteiger partial charge in [-0.05, 0) is 30.4 Å². The highest BCUT2D eigenvalue weighted by Gasteiger charge is 2.14. The lowest BCUT2D eigenvalue weighted by Crippen LogP contribution is -2.13. The number of Topliss-reactive ketones (excluding diaryl/α,β-unsaturated/α-hetero) is 1. The number of ketones is 1. The molecule has 0 amide bonds. The van der Waals surface area contributed by atoms with Gasteiger partial charge in [0.05, 0.1) is 19.8 Å². The van der Waals surface area contributed by atoms with Gasteiger partial charge in [-0.1, -0.05) is 0 Å². The standard InChI is InChI=1S/C12H13N3O3S/c1-17-8-3-4-11(18-2)9(5-8)10(16)6-15-12(19)13-7-14-15/h3-5,7H,6H2,1-2H3,(H,13,14,19). The van der Waals surface area contributed by atoms with Gasteiger partial charge < -0.3 is 9.47 Å². The Morgan fingerprint density at radius 1 is 1.42 bits per heavy atom. The van der Waals surface area contributed by atoms with E-state index in [0.717, 1.165) is 0 Å². The molecule has 0 saturated carbocycles. The van der Waals surface area contributed by atoms with E-state index in [0.29, 0.717) is 21.8 Å². The van der Waals surface area contributed by atoms with E-state index in [1.165, 1.54) is 18.1 Å². The van der Waals surface area contributed by atoms with Crippen molar-refractivity contribution in [1.82, 2.24) is 14.8 Å². The lowest BCUT2D eigenvalue weighted by Gasteiger charge is -2.09. The molecule has 6 nitrogen and oxygen atoms in total. The van der Waals surface area contributed by atoms with Crippen molar-refractivity contribution in [3.63, 3.8) is 0 Å². The Balaban J connectivity index is 2.32. The molecule has 1 N–H and O–H groups in total. The van der Waals surface area contributed by atoms with Gasteiger partial charge in [-0.2, -0.15) is 0 Å². The Morgan fingerprint density at radius 2 is 2.21 bits per heavy atom. The molecule has 0 saturated heterocycles. The number of nitrogens with one attached hydrogen (secondary N) is 1. The van der Waals surface area contributed by atoms with E-state index in [-0.39, 0.29) is 12.3 Å². The van der Waals surface area contributed by atoms with Gasteiger partial charge >= 0.3 is 0 Å². The molecule has 2 aromatic rings. The topological polar surface area (TPSA) is 69.1 Å². The maximum atomic E-state index is 12.3. The maximum Gasteiger partial charge on any atom is 0.216 e. The molecule has 0 aliphatic rings. The minimum absolute atomic E-state index is 0.0718. The average Bonchev–Trinajstić information content (AvgIpc) is 2.83. The van der Waals surface area contributed by atoms with E-state index >= 15 is 0 Å². The number of methoxy groups -OCH3 is 2. The molecular weight excluding hydrogens is 266 g/mol. The third-order valence-electron chi connectivity index (χ3n) is 2.63. The number of benzene rings is 1. The van der Waals surface area contributed by atoms with Crippen molar-refractivity contribution in [3.05, 3.63) is 34.9 Å². The van der Waals surface area contributed by atoms with E-state index in [9.17, 15) is 4.79 Å². The normalized spacial score (nSPS) is 10.2. The number of carbonyl (C=O) groups excluding carboxylic acids is 1. The Bertz CT molecular complexity index is 648. The lowest BCUT2D eigenvalue weighted by molar-refractivity contribution is 0.0963. The quantitative estimate of drug-likeness (QED) is 0.668. The van der Waals surface area contributed by atoms with E-state index in [2.05, 4.69) is 10.1 Å². The van der Waals surface area contributed by atoms with E-state index < -0.39 is 0 Å². The molecule has 0 spiro atoms. The SMILES string of the molecule is COc1ccc(OC)c(C(=O)Cn2[nH]cnc2=S)c1. The smallest absolute Gasteiger partial charge is 0.216 e. The molecule has 19 heavy (non-hydrogen) atoms. The number of hydrogen-bond donors (Lipinski definition) is 1. The molecule has 1 aromatic carbocycles. The van der Waals surface area contributed by atoms with Crippen molar-refractivity contribution in [1.29, 1.82) is 0 Å². The van der Waals surface area contributed by atoms with Gasteiger partial charge in [0, 0.05) is 0 Å². The highest BCUT2D eigenvalue weighted by atomic mass is 32.1. The highest BCUT2D eigenvalue weighted by Crippen LogP contribution is 2.24. The second kappa shape index (κ2) is 5.66. The minimum atomic E-state index is -0.142. The fourth-order valence-electron chi connectivity index (χ4n) is 1.65. The Hall–Kier alpha value is -2.15. The maximum absolute atomic E-state index is 12.3. The second-order valence-corrected chi connectivity index (χ2v) is 4.11. The zero-order valence-corrected chi connectivity index (χ0v) is 11.4. The number of H-pyrrole nitrogens is 1. The van der Waals surface area contributed by atoms with Crippen LogP contribution in [-0.4, -0.2) is 34.8 Å². The first-order valence-electron chi connectivity index (χ1n) is 5.51. The zero-order chi connectivity index (χ0) is 13.8. The average molecular weight is 279 g/mol. The molecule has 0 unspecified atom stereocenters. The molecule has 1 aromatic heterocycles. The van der Waals surface area contributed by atoms with Crippen molar-refractivity contribution in [2.75, 3.05) is 14.2 Å². The first-order valence-corrected chi connectivity index (χ1v) is 5.92. The van der Waals surface area contributed by atoms with Crippen LogP contribution in [0.2, 0.25) is 0 Å².